The van der Waals surface area contributed by atoms with Crippen LogP contribution in [0.1, 0.15) is 39.6 Å². The van der Waals surface area contributed by atoms with Crippen molar-refractivity contribution in [1.82, 2.24) is 14.5 Å². The van der Waals surface area contributed by atoms with E-state index >= 15 is 0 Å². The zero-order valence-electron chi connectivity index (χ0n) is 23.1. The van der Waals surface area contributed by atoms with E-state index in [1.807, 2.05) is 29.9 Å². The second kappa shape index (κ2) is 12.5. The summed E-state index contributed by atoms with van der Waals surface area (Å²) in [6, 6.07) is 12.4. The Labute approximate surface area is 235 Å². The summed E-state index contributed by atoms with van der Waals surface area (Å²) < 4.78 is 57.1. The van der Waals surface area contributed by atoms with Crippen LogP contribution >= 0.6 is 0 Å². The third-order valence-corrected chi connectivity index (χ3v) is 6.84. The average Bonchev–Trinajstić information content (AvgIpc) is 3.60. The van der Waals surface area contributed by atoms with Crippen LogP contribution in [0.2, 0.25) is 0 Å². The van der Waals surface area contributed by atoms with Crippen LogP contribution in [0.5, 0.6) is 11.5 Å². The van der Waals surface area contributed by atoms with E-state index in [1.54, 1.807) is 18.2 Å². The molecule has 218 valence electrons. The quantitative estimate of drug-likeness (QED) is 0.357. The number of aryl methyl sites for hydroxylation is 1. The van der Waals surface area contributed by atoms with Crippen LogP contribution in [0.25, 0.3) is 0 Å². The Morgan fingerprint density at radius 3 is 2.37 bits per heavy atom. The minimum absolute atomic E-state index is 0.0161. The molecule has 2 heterocycles. The fraction of sp³-hybridized carbons (Fsp3) is 0.345. The number of carbonyl (C=O) groups is 2. The Balaban J connectivity index is 1.67. The maximum absolute atomic E-state index is 13.8. The normalized spacial score (nSPS) is 15.0. The maximum atomic E-state index is 13.8. The highest BCUT2D eigenvalue weighted by Gasteiger charge is 2.37. The zero-order chi connectivity index (χ0) is 29.7. The predicted octanol–water partition coefficient (Wildman–Crippen LogP) is 4.53. The number of amides is 2. The molecule has 41 heavy (non-hydrogen) atoms. The highest BCUT2D eigenvalue weighted by atomic mass is 19.4. The maximum Gasteiger partial charge on any atom is 0.416 e. The van der Waals surface area contributed by atoms with Crippen molar-refractivity contribution in [2.24, 2.45) is 12.1 Å². The number of methoxy groups -OCH3 is 3. The van der Waals surface area contributed by atoms with Crippen molar-refractivity contribution < 1.29 is 37.0 Å². The Bertz CT molecular complexity index is 1420. The number of ether oxygens (including phenoxy) is 3. The summed E-state index contributed by atoms with van der Waals surface area (Å²) in [5, 5.41) is 6.01. The largest absolute Gasteiger partial charge is 0.497 e. The van der Waals surface area contributed by atoms with Crippen molar-refractivity contribution in [3.8, 4) is 11.5 Å². The Kier molecular flexibility index (Phi) is 9.01. The molecule has 12 heteroatoms. The van der Waals surface area contributed by atoms with Crippen LogP contribution in [0.3, 0.4) is 0 Å². The standard InChI is InChI=1S/C29H31F3N4O5/c1-34-13-5-6-24(34)23-17-25(22-16-21(40-3)11-12-26(22)41-4)36(33-23)27(37)18-35(14-15-39-2)28(38)19-7-9-20(10-8-19)29(30,31)32/h5-13,16,25H,14-15,17-18H2,1-4H3/t25-/m0/s1. The summed E-state index contributed by atoms with van der Waals surface area (Å²) in [7, 11) is 6.39. The number of carbonyl (C=O) groups excluding carboxylic acids is 2. The molecule has 0 radical (unpaired) electrons. The molecule has 1 aliphatic rings. The molecule has 0 N–H and O–H groups in total. The van der Waals surface area contributed by atoms with Crippen molar-refractivity contribution in [2.75, 3.05) is 41.0 Å². The van der Waals surface area contributed by atoms with E-state index in [4.69, 9.17) is 14.2 Å². The van der Waals surface area contributed by atoms with E-state index in [0.29, 0.717) is 29.2 Å². The molecule has 9 nitrogen and oxygen atoms in total. The lowest BCUT2D eigenvalue weighted by molar-refractivity contribution is -0.137. The number of hydrazone groups is 1. The van der Waals surface area contributed by atoms with Gasteiger partial charge in [-0.1, -0.05) is 0 Å². The molecule has 0 fully saturated rings. The molecule has 0 saturated carbocycles. The molecule has 0 saturated heterocycles. The van der Waals surface area contributed by atoms with Crippen LogP contribution in [0.15, 0.2) is 65.9 Å². The van der Waals surface area contributed by atoms with E-state index in [-0.39, 0.29) is 25.3 Å². The molecule has 4 rings (SSSR count). The van der Waals surface area contributed by atoms with Crippen molar-refractivity contribution in [3.05, 3.63) is 83.2 Å². The molecule has 1 aromatic heterocycles. The average molecular weight is 573 g/mol. The third kappa shape index (κ3) is 6.54. The van der Waals surface area contributed by atoms with E-state index in [1.165, 1.54) is 31.2 Å². The number of nitrogens with zero attached hydrogens (tertiary/aromatic N) is 4. The van der Waals surface area contributed by atoms with Gasteiger partial charge in [0.25, 0.3) is 11.8 Å². The lowest BCUT2D eigenvalue weighted by atomic mass is 9.99. The van der Waals surface area contributed by atoms with Crippen molar-refractivity contribution in [1.29, 1.82) is 0 Å². The summed E-state index contributed by atoms with van der Waals surface area (Å²) in [4.78, 5) is 28.4. The summed E-state index contributed by atoms with van der Waals surface area (Å²) in [5.41, 5.74) is 1.30. The molecular formula is C29H31F3N4O5. The van der Waals surface area contributed by atoms with Crippen molar-refractivity contribution in [3.63, 3.8) is 0 Å². The molecule has 2 amide bonds. The number of rotatable bonds is 10. The minimum Gasteiger partial charge on any atom is -0.497 e. The van der Waals surface area contributed by atoms with Crippen molar-refractivity contribution >= 4 is 17.5 Å². The van der Waals surface area contributed by atoms with Gasteiger partial charge in [0.2, 0.25) is 0 Å². The van der Waals surface area contributed by atoms with Crippen LogP contribution in [0, 0.1) is 0 Å². The van der Waals surface area contributed by atoms with Gasteiger partial charge in [0.1, 0.15) is 18.0 Å². The summed E-state index contributed by atoms with van der Waals surface area (Å²) >= 11 is 0. The first-order valence-electron chi connectivity index (χ1n) is 12.8. The number of halogens is 3. The lowest BCUT2D eigenvalue weighted by Crippen LogP contribution is -2.42. The lowest BCUT2D eigenvalue weighted by Gasteiger charge is -2.28. The van der Waals surface area contributed by atoms with E-state index < -0.39 is 29.6 Å². The molecule has 0 aliphatic carbocycles. The van der Waals surface area contributed by atoms with Crippen LogP contribution in [-0.4, -0.2) is 73.0 Å². The van der Waals surface area contributed by atoms with Crippen LogP contribution < -0.4 is 9.47 Å². The minimum atomic E-state index is -4.53. The Morgan fingerprint density at radius 2 is 1.78 bits per heavy atom. The SMILES string of the molecule is COCCN(CC(=O)N1N=C(c2cccn2C)C[C@H]1c1cc(OC)ccc1OC)C(=O)c1ccc(C(F)(F)F)cc1. The fourth-order valence-corrected chi connectivity index (χ4v) is 4.67. The Morgan fingerprint density at radius 1 is 1.05 bits per heavy atom. The molecule has 0 unspecified atom stereocenters. The number of benzene rings is 2. The third-order valence-electron chi connectivity index (χ3n) is 6.84. The van der Waals surface area contributed by atoms with Gasteiger partial charge in [-0.2, -0.15) is 18.3 Å². The summed E-state index contributed by atoms with van der Waals surface area (Å²) in [5.74, 6) is 0.0136. The number of hydrogen-bond acceptors (Lipinski definition) is 6. The predicted molar refractivity (Wildman–Crippen MR) is 145 cm³/mol. The first-order chi connectivity index (χ1) is 19.6. The number of alkyl halides is 3. The van der Waals surface area contributed by atoms with Crippen molar-refractivity contribution in [2.45, 2.75) is 18.6 Å². The molecule has 1 atom stereocenters. The molecule has 1 aliphatic heterocycles. The highest BCUT2D eigenvalue weighted by molar-refractivity contribution is 6.03. The molecule has 0 bridgehead atoms. The van der Waals surface area contributed by atoms with E-state index in [9.17, 15) is 22.8 Å². The highest BCUT2D eigenvalue weighted by Crippen LogP contribution is 2.39. The zero-order valence-corrected chi connectivity index (χ0v) is 23.1. The fourth-order valence-electron chi connectivity index (χ4n) is 4.67. The smallest absolute Gasteiger partial charge is 0.416 e. The van der Waals surface area contributed by atoms with Gasteiger partial charge in [0.15, 0.2) is 0 Å². The Hall–Kier alpha value is -4.32. The second-order valence-electron chi connectivity index (χ2n) is 9.41. The molecule has 0 spiro atoms. The monoisotopic (exact) mass is 572 g/mol. The van der Waals surface area contributed by atoms with E-state index in [0.717, 1.165) is 30.0 Å². The van der Waals surface area contributed by atoms with E-state index in [2.05, 4.69) is 5.10 Å². The molecule has 2 aromatic carbocycles. The van der Waals surface area contributed by atoms with Gasteiger partial charge in [-0.15, -0.1) is 0 Å². The first-order valence-corrected chi connectivity index (χ1v) is 12.8. The second-order valence-corrected chi connectivity index (χ2v) is 9.41. The van der Waals surface area contributed by atoms with Crippen LogP contribution in [0.4, 0.5) is 13.2 Å². The van der Waals surface area contributed by atoms with Crippen LogP contribution in [-0.2, 0) is 22.8 Å². The van der Waals surface area contributed by atoms with Gasteiger partial charge in [0.05, 0.1) is 43.8 Å². The van der Waals surface area contributed by atoms with Gasteiger partial charge in [-0.05, 0) is 54.6 Å². The van der Waals surface area contributed by atoms with Gasteiger partial charge >= 0.3 is 6.18 Å². The molecule has 3 aromatic rings. The topological polar surface area (TPSA) is 85.6 Å². The first kappa shape index (κ1) is 29.7. The summed E-state index contributed by atoms with van der Waals surface area (Å²) in [6.07, 6.45) is -2.29. The number of hydrogen-bond donors (Lipinski definition) is 0. The van der Waals surface area contributed by atoms with Gasteiger partial charge in [-0.3, -0.25) is 9.59 Å². The number of aromatic nitrogens is 1. The summed E-state index contributed by atoms with van der Waals surface area (Å²) in [6.45, 7) is -0.224. The van der Waals surface area contributed by atoms with Gasteiger partial charge in [0, 0.05) is 44.4 Å². The van der Waals surface area contributed by atoms with Gasteiger partial charge < -0.3 is 23.7 Å². The van der Waals surface area contributed by atoms with Gasteiger partial charge in [-0.25, -0.2) is 5.01 Å². The molecular weight excluding hydrogens is 541 g/mol.